The minimum absolute atomic E-state index is 0.0860. The van der Waals surface area contributed by atoms with Crippen molar-refractivity contribution < 1.29 is 13.9 Å². The number of alkyl carbamates (subject to hydrolysis) is 1. The number of amides is 1. The van der Waals surface area contributed by atoms with E-state index in [1.165, 1.54) is 21.8 Å². The minimum atomic E-state index is -0.649. The molecule has 1 atom stereocenters. The van der Waals surface area contributed by atoms with Gasteiger partial charge in [-0.05, 0) is 39.3 Å². The fraction of sp³-hybridized carbons (Fsp3) is 0.500. The van der Waals surface area contributed by atoms with Gasteiger partial charge in [-0.1, -0.05) is 13.0 Å². The van der Waals surface area contributed by atoms with Gasteiger partial charge in [-0.3, -0.25) is 4.79 Å². The Morgan fingerprint density at radius 2 is 2.04 bits per heavy atom. The van der Waals surface area contributed by atoms with Gasteiger partial charge in [-0.15, -0.1) is 0 Å². The number of ether oxygens (including phenoxy) is 1. The molecule has 0 unspecified atom stereocenters. The number of fused-ring (bicyclic) bond motifs is 1. The van der Waals surface area contributed by atoms with Crippen LogP contribution in [0.2, 0.25) is 0 Å². The second kappa shape index (κ2) is 7.31. The van der Waals surface area contributed by atoms with Crippen molar-refractivity contribution in [2.45, 2.75) is 45.8 Å². The topological polar surface area (TPSA) is 76.5 Å². The van der Waals surface area contributed by atoms with Crippen molar-refractivity contribution in [3.05, 3.63) is 40.2 Å². The van der Waals surface area contributed by atoms with Crippen molar-refractivity contribution in [1.29, 1.82) is 0 Å². The van der Waals surface area contributed by atoms with E-state index in [1.807, 2.05) is 6.92 Å². The summed E-state index contributed by atoms with van der Waals surface area (Å²) in [5, 5.41) is 4.16. The molecule has 0 aliphatic carbocycles. The maximum Gasteiger partial charge on any atom is 0.408 e. The molecular formula is C18H25FN4O3. The van der Waals surface area contributed by atoms with Crippen LogP contribution in [0.5, 0.6) is 0 Å². The van der Waals surface area contributed by atoms with Crippen LogP contribution in [0.3, 0.4) is 0 Å². The first-order valence-corrected chi connectivity index (χ1v) is 8.43. The zero-order valence-electron chi connectivity index (χ0n) is 16.0. The summed E-state index contributed by atoms with van der Waals surface area (Å²) in [4.78, 5) is 29.5. The fourth-order valence-electron chi connectivity index (χ4n) is 2.61. The lowest BCUT2D eigenvalue weighted by Gasteiger charge is -2.27. The third-order valence-electron chi connectivity index (χ3n) is 3.66. The van der Waals surface area contributed by atoms with Gasteiger partial charge in [0.25, 0.3) is 5.56 Å². The van der Waals surface area contributed by atoms with Crippen molar-refractivity contribution in [3.8, 4) is 0 Å². The van der Waals surface area contributed by atoms with Gasteiger partial charge < -0.3 is 15.1 Å². The number of rotatable bonds is 4. The molecule has 0 fully saturated rings. The molecule has 1 aromatic heterocycles. The summed E-state index contributed by atoms with van der Waals surface area (Å²) in [7, 11) is 3.30. The van der Waals surface area contributed by atoms with Crippen LogP contribution in [-0.2, 0) is 4.74 Å². The Morgan fingerprint density at radius 3 is 2.58 bits per heavy atom. The van der Waals surface area contributed by atoms with Crippen LogP contribution in [0.15, 0.2) is 23.0 Å². The SMILES string of the molecule is CC[C@H](NC(=O)OC(C)(C)C)c1nc2cccc(F)c2c(=O)n1N(C)C. The summed E-state index contributed by atoms with van der Waals surface area (Å²) < 4.78 is 20.7. The smallest absolute Gasteiger partial charge is 0.408 e. The molecule has 0 radical (unpaired) electrons. The largest absolute Gasteiger partial charge is 0.444 e. The average molecular weight is 364 g/mol. The van der Waals surface area contributed by atoms with E-state index in [4.69, 9.17) is 4.74 Å². The molecule has 0 bridgehead atoms. The lowest BCUT2D eigenvalue weighted by Crippen LogP contribution is -2.43. The van der Waals surface area contributed by atoms with Crippen LogP contribution in [0, 0.1) is 5.82 Å². The van der Waals surface area contributed by atoms with Gasteiger partial charge in [-0.2, -0.15) is 0 Å². The van der Waals surface area contributed by atoms with Crippen LogP contribution >= 0.6 is 0 Å². The van der Waals surface area contributed by atoms with E-state index < -0.39 is 29.1 Å². The summed E-state index contributed by atoms with van der Waals surface area (Å²) in [6, 6.07) is 3.72. The number of nitrogens with one attached hydrogen (secondary N) is 1. The van der Waals surface area contributed by atoms with E-state index in [-0.39, 0.29) is 10.9 Å². The summed E-state index contributed by atoms with van der Waals surface area (Å²) in [5.41, 5.74) is -0.936. The van der Waals surface area contributed by atoms with Crippen LogP contribution in [0.1, 0.15) is 46.0 Å². The number of halogens is 1. The quantitative estimate of drug-likeness (QED) is 0.903. The number of nitrogens with zero attached hydrogens (tertiary/aromatic N) is 3. The van der Waals surface area contributed by atoms with Crippen LogP contribution in [0.4, 0.5) is 9.18 Å². The molecule has 26 heavy (non-hydrogen) atoms. The Balaban J connectivity index is 2.57. The van der Waals surface area contributed by atoms with Gasteiger partial charge in [0.05, 0.1) is 11.6 Å². The molecule has 0 aliphatic heterocycles. The van der Waals surface area contributed by atoms with Crippen molar-refractivity contribution in [2.75, 3.05) is 19.1 Å². The lowest BCUT2D eigenvalue weighted by atomic mass is 10.1. The lowest BCUT2D eigenvalue weighted by molar-refractivity contribution is 0.0498. The third kappa shape index (κ3) is 4.12. The number of benzene rings is 1. The molecule has 0 spiro atoms. The Morgan fingerprint density at radius 1 is 1.38 bits per heavy atom. The average Bonchev–Trinajstić information content (AvgIpc) is 2.50. The molecule has 1 heterocycles. The highest BCUT2D eigenvalue weighted by molar-refractivity contribution is 5.78. The molecule has 0 aliphatic rings. The Bertz CT molecular complexity index is 871. The number of aromatic nitrogens is 2. The molecule has 0 saturated carbocycles. The van der Waals surface area contributed by atoms with Gasteiger partial charge in [0.15, 0.2) is 5.82 Å². The Hall–Kier alpha value is -2.64. The van der Waals surface area contributed by atoms with Crippen LogP contribution in [0.25, 0.3) is 10.9 Å². The van der Waals surface area contributed by atoms with Crippen LogP contribution in [-0.4, -0.2) is 35.4 Å². The summed E-state index contributed by atoms with van der Waals surface area (Å²) in [6.45, 7) is 7.14. The molecule has 142 valence electrons. The molecule has 2 aromatic rings. The zero-order chi connectivity index (χ0) is 19.6. The normalized spacial score (nSPS) is 12.7. The van der Waals surface area contributed by atoms with E-state index >= 15 is 0 Å². The summed E-state index contributed by atoms with van der Waals surface area (Å²) >= 11 is 0. The first-order valence-electron chi connectivity index (χ1n) is 8.43. The number of carbonyl (C=O) groups is 1. The van der Waals surface area contributed by atoms with Crippen molar-refractivity contribution >= 4 is 17.0 Å². The second-order valence-electron chi connectivity index (χ2n) is 7.18. The van der Waals surface area contributed by atoms with Crippen molar-refractivity contribution in [2.24, 2.45) is 0 Å². The van der Waals surface area contributed by atoms with Crippen molar-refractivity contribution in [1.82, 2.24) is 15.0 Å². The number of hydrogen-bond donors (Lipinski definition) is 1. The highest BCUT2D eigenvalue weighted by atomic mass is 19.1. The highest BCUT2D eigenvalue weighted by Gasteiger charge is 2.25. The fourth-order valence-corrected chi connectivity index (χ4v) is 2.61. The van der Waals surface area contributed by atoms with Gasteiger partial charge in [-0.25, -0.2) is 18.8 Å². The Labute approximate surface area is 151 Å². The molecule has 7 nitrogen and oxygen atoms in total. The molecule has 1 N–H and O–H groups in total. The summed E-state index contributed by atoms with van der Waals surface area (Å²) in [5.74, 6) is -0.318. The maximum absolute atomic E-state index is 14.1. The summed E-state index contributed by atoms with van der Waals surface area (Å²) in [6.07, 6.45) is -0.136. The second-order valence-corrected chi connectivity index (χ2v) is 7.18. The van der Waals surface area contributed by atoms with E-state index in [9.17, 15) is 14.0 Å². The number of carbonyl (C=O) groups excluding carboxylic acids is 1. The van der Waals surface area contributed by atoms with Gasteiger partial charge >= 0.3 is 6.09 Å². The molecule has 1 amide bonds. The van der Waals surface area contributed by atoms with E-state index in [1.54, 1.807) is 40.9 Å². The Kier molecular flexibility index (Phi) is 5.53. The monoisotopic (exact) mass is 364 g/mol. The first-order chi connectivity index (χ1) is 12.0. The predicted octanol–water partition coefficient (Wildman–Crippen LogP) is 2.71. The third-order valence-corrected chi connectivity index (χ3v) is 3.66. The first kappa shape index (κ1) is 19.7. The molecule has 8 heteroatoms. The van der Waals surface area contributed by atoms with E-state index in [0.29, 0.717) is 12.2 Å². The maximum atomic E-state index is 14.1. The minimum Gasteiger partial charge on any atom is -0.444 e. The van der Waals surface area contributed by atoms with Gasteiger partial charge in [0, 0.05) is 14.1 Å². The van der Waals surface area contributed by atoms with E-state index in [0.717, 1.165) is 0 Å². The number of hydrogen-bond acceptors (Lipinski definition) is 5. The zero-order valence-corrected chi connectivity index (χ0v) is 16.0. The van der Waals surface area contributed by atoms with Crippen LogP contribution < -0.4 is 15.9 Å². The highest BCUT2D eigenvalue weighted by Crippen LogP contribution is 2.19. The molecule has 0 saturated heterocycles. The van der Waals surface area contributed by atoms with Crippen molar-refractivity contribution in [3.63, 3.8) is 0 Å². The predicted molar refractivity (Wildman–Crippen MR) is 98.4 cm³/mol. The standard InChI is InChI=1S/C18H25FN4O3/c1-7-12(21-17(25)26-18(2,3)4)15-20-13-10-8-9-11(19)14(13)16(24)23(15)22(5)6/h8-10,12H,7H2,1-6H3,(H,21,25)/t12-/m0/s1. The molecular weight excluding hydrogens is 339 g/mol. The van der Waals surface area contributed by atoms with Gasteiger partial charge in [0.2, 0.25) is 0 Å². The molecule has 2 rings (SSSR count). The van der Waals surface area contributed by atoms with E-state index in [2.05, 4.69) is 10.3 Å². The molecule has 1 aromatic carbocycles. The van der Waals surface area contributed by atoms with Gasteiger partial charge in [0.1, 0.15) is 16.8 Å².